The van der Waals surface area contributed by atoms with E-state index in [1.807, 2.05) is 34.9 Å². The number of hydrogen-bond donors (Lipinski definition) is 1. The Morgan fingerprint density at radius 3 is 2.69 bits per heavy atom. The van der Waals surface area contributed by atoms with Crippen molar-refractivity contribution in [2.24, 2.45) is 5.41 Å². The molecule has 2 saturated heterocycles. The van der Waals surface area contributed by atoms with Gasteiger partial charge in [-0.3, -0.25) is 9.59 Å². The van der Waals surface area contributed by atoms with E-state index < -0.39 is 0 Å². The first-order chi connectivity index (χ1) is 12.6. The number of rotatable bonds is 3. The molecule has 0 bridgehead atoms. The zero-order chi connectivity index (χ0) is 18.1. The third-order valence-corrected chi connectivity index (χ3v) is 5.64. The lowest BCUT2D eigenvalue weighted by molar-refractivity contribution is -0.127. The SMILES string of the molecule is CCN1CC2(CCN(C(=O)c3ccccc3-c3nn[nH]n3)CC2)CC1=O. The van der Waals surface area contributed by atoms with Gasteiger partial charge in [0.15, 0.2) is 0 Å². The van der Waals surface area contributed by atoms with Gasteiger partial charge in [0, 0.05) is 43.6 Å². The van der Waals surface area contributed by atoms with Crippen molar-refractivity contribution in [2.75, 3.05) is 26.2 Å². The Balaban J connectivity index is 1.49. The van der Waals surface area contributed by atoms with E-state index >= 15 is 0 Å². The van der Waals surface area contributed by atoms with Crippen LogP contribution in [0.5, 0.6) is 0 Å². The Kier molecular flexibility index (Phi) is 4.18. The van der Waals surface area contributed by atoms with Crippen LogP contribution in [0.4, 0.5) is 0 Å². The molecule has 2 amide bonds. The van der Waals surface area contributed by atoms with Crippen LogP contribution in [0.3, 0.4) is 0 Å². The first-order valence-corrected chi connectivity index (χ1v) is 9.02. The molecule has 1 aromatic heterocycles. The van der Waals surface area contributed by atoms with Gasteiger partial charge >= 0.3 is 0 Å². The van der Waals surface area contributed by atoms with Crippen molar-refractivity contribution >= 4 is 11.8 Å². The minimum Gasteiger partial charge on any atom is -0.342 e. The number of nitrogens with one attached hydrogen (secondary N) is 1. The highest BCUT2D eigenvalue weighted by Crippen LogP contribution is 2.41. The first kappa shape index (κ1) is 16.7. The topological polar surface area (TPSA) is 95.1 Å². The van der Waals surface area contributed by atoms with Gasteiger partial charge in [0.25, 0.3) is 5.91 Å². The fraction of sp³-hybridized carbons (Fsp3) is 0.500. The second-order valence-corrected chi connectivity index (χ2v) is 7.16. The highest BCUT2D eigenvalue weighted by Gasteiger charge is 2.45. The fourth-order valence-electron chi connectivity index (χ4n) is 4.10. The molecule has 0 atom stereocenters. The number of benzene rings is 1. The molecule has 0 aliphatic carbocycles. The van der Waals surface area contributed by atoms with Crippen molar-refractivity contribution in [3.63, 3.8) is 0 Å². The number of nitrogens with zero attached hydrogens (tertiary/aromatic N) is 5. The van der Waals surface area contributed by atoms with Gasteiger partial charge < -0.3 is 9.80 Å². The lowest BCUT2D eigenvalue weighted by Crippen LogP contribution is -2.44. The van der Waals surface area contributed by atoms with Crippen molar-refractivity contribution in [1.82, 2.24) is 30.4 Å². The third-order valence-electron chi connectivity index (χ3n) is 5.64. The average molecular weight is 354 g/mol. The molecule has 1 aromatic carbocycles. The van der Waals surface area contributed by atoms with Crippen LogP contribution in [0.1, 0.15) is 36.5 Å². The van der Waals surface area contributed by atoms with Crippen LogP contribution in [-0.2, 0) is 4.79 Å². The monoisotopic (exact) mass is 354 g/mol. The Labute approximate surface area is 151 Å². The largest absolute Gasteiger partial charge is 0.342 e. The smallest absolute Gasteiger partial charge is 0.254 e. The summed E-state index contributed by atoms with van der Waals surface area (Å²) >= 11 is 0. The molecule has 0 saturated carbocycles. The predicted octanol–water partition coefficient (Wildman–Crippen LogP) is 1.34. The highest BCUT2D eigenvalue weighted by molar-refractivity contribution is 6.00. The van der Waals surface area contributed by atoms with E-state index in [0.717, 1.165) is 25.9 Å². The quantitative estimate of drug-likeness (QED) is 0.897. The molecular weight excluding hydrogens is 332 g/mol. The number of tetrazole rings is 1. The molecule has 2 aliphatic rings. The van der Waals surface area contributed by atoms with Crippen molar-refractivity contribution in [2.45, 2.75) is 26.2 Å². The molecule has 1 N–H and O–H groups in total. The summed E-state index contributed by atoms with van der Waals surface area (Å²) in [4.78, 5) is 29.0. The van der Waals surface area contributed by atoms with Gasteiger partial charge in [-0.25, -0.2) is 0 Å². The summed E-state index contributed by atoms with van der Waals surface area (Å²) in [5.74, 6) is 0.647. The number of aromatic amines is 1. The van der Waals surface area contributed by atoms with Gasteiger partial charge in [-0.1, -0.05) is 18.2 Å². The molecule has 0 radical (unpaired) electrons. The summed E-state index contributed by atoms with van der Waals surface area (Å²) in [6.07, 6.45) is 2.35. The maximum atomic E-state index is 13.1. The van der Waals surface area contributed by atoms with Crippen LogP contribution < -0.4 is 0 Å². The summed E-state index contributed by atoms with van der Waals surface area (Å²) in [5, 5.41) is 14.0. The summed E-state index contributed by atoms with van der Waals surface area (Å²) < 4.78 is 0. The second kappa shape index (κ2) is 6.51. The maximum absolute atomic E-state index is 13.1. The Bertz CT molecular complexity index is 811. The molecule has 2 aliphatic heterocycles. The molecule has 0 unspecified atom stereocenters. The van der Waals surface area contributed by atoms with E-state index in [1.165, 1.54) is 0 Å². The van der Waals surface area contributed by atoms with Gasteiger partial charge in [0.05, 0.1) is 5.56 Å². The third kappa shape index (κ3) is 2.85. The molecule has 26 heavy (non-hydrogen) atoms. The molecule has 2 aromatic rings. The second-order valence-electron chi connectivity index (χ2n) is 7.16. The lowest BCUT2D eigenvalue weighted by Gasteiger charge is -2.39. The summed E-state index contributed by atoms with van der Waals surface area (Å²) in [6, 6.07) is 7.34. The van der Waals surface area contributed by atoms with E-state index in [4.69, 9.17) is 0 Å². The van der Waals surface area contributed by atoms with Crippen molar-refractivity contribution in [3.8, 4) is 11.4 Å². The number of amides is 2. The molecular formula is C18H22N6O2. The number of aromatic nitrogens is 4. The fourth-order valence-corrected chi connectivity index (χ4v) is 4.10. The number of H-pyrrole nitrogens is 1. The summed E-state index contributed by atoms with van der Waals surface area (Å²) in [6.45, 7) is 4.95. The molecule has 8 nitrogen and oxygen atoms in total. The normalized spacial score (nSPS) is 19.3. The van der Waals surface area contributed by atoms with Crippen molar-refractivity contribution in [1.29, 1.82) is 0 Å². The number of likely N-dealkylation sites (tertiary alicyclic amines) is 2. The van der Waals surface area contributed by atoms with Gasteiger partial charge in [0.2, 0.25) is 11.7 Å². The maximum Gasteiger partial charge on any atom is 0.254 e. The molecule has 1 spiro atoms. The van der Waals surface area contributed by atoms with Crippen LogP contribution in [-0.4, -0.2) is 68.4 Å². The van der Waals surface area contributed by atoms with Crippen LogP contribution in [0.15, 0.2) is 24.3 Å². The minimum atomic E-state index is -0.0167. The van der Waals surface area contributed by atoms with E-state index in [-0.39, 0.29) is 17.2 Å². The van der Waals surface area contributed by atoms with E-state index in [1.54, 1.807) is 6.07 Å². The predicted molar refractivity (Wildman–Crippen MR) is 94.1 cm³/mol. The summed E-state index contributed by atoms with van der Waals surface area (Å²) in [7, 11) is 0. The Morgan fingerprint density at radius 2 is 2.04 bits per heavy atom. The zero-order valence-electron chi connectivity index (χ0n) is 14.8. The Morgan fingerprint density at radius 1 is 1.27 bits per heavy atom. The standard InChI is InChI=1S/C18H22N6O2/c1-2-23-12-18(11-15(23)25)7-9-24(10-8-18)17(26)14-6-4-3-5-13(14)16-19-21-22-20-16/h3-6H,2,7-12H2,1H3,(H,19,20,21,22). The van der Waals surface area contributed by atoms with Gasteiger partial charge in [-0.15, -0.1) is 10.2 Å². The van der Waals surface area contributed by atoms with Gasteiger partial charge in [0.1, 0.15) is 0 Å². The summed E-state index contributed by atoms with van der Waals surface area (Å²) in [5.41, 5.74) is 1.30. The van der Waals surface area contributed by atoms with E-state index in [0.29, 0.717) is 36.5 Å². The van der Waals surface area contributed by atoms with Crippen LogP contribution in [0.25, 0.3) is 11.4 Å². The van der Waals surface area contributed by atoms with Crippen LogP contribution >= 0.6 is 0 Å². The van der Waals surface area contributed by atoms with Gasteiger partial charge in [-0.2, -0.15) is 5.21 Å². The van der Waals surface area contributed by atoms with Crippen molar-refractivity contribution in [3.05, 3.63) is 29.8 Å². The van der Waals surface area contributed by atoms with E-state index in [9.17, 15) is 9.59 Å². The molecule has 3 heterocycles. The highest BCUT2D eigenvalue weighted by atomic mass is 16.2. The molecule has 4 rings (SSSR count). The minimum absolute atomic E-state index is 0.0167. The first-order valence-electron chi connectivity index (χ1n) is 9.02. The average Bonchev–Trinajstić information content (AvgIpc) is 3.30. The number of carbonyl (C=O) groups is 2. The zero-order valence-corrected chi connectivity index (χ0v) is 14.8. The number of carbonyl (C=O) groups excluding carboxylic acids is 2. The molecule has 2 fully saturated rings. The molecule has 136 valence electrons. The lowest BCUT2D eigenvalue weighted by atomic mass is 9.77. The number of piperidine rings is 1. The van der Waals surface area contributed by atoms with Gasteiger partial charge in [-0.05, 0) is 31.0 Å². The van der Waals surface area contributed by atoms with Crippen molar-refractivity contribution < 1.29 is 9.59 Å². The van der Waals surface area contributed by atoms with E-state index in [2.05, 4.69) is 20.6 Å². The van der Waals surface area contributed by atoms with Crippen LogP contribution in [0.2, 0.25) is 0 Å². The number of hydrogen-bond acceptors (Lipinski definition) is 5. The Hall–Kier alpha value is -2.77. The molecule has 8 heteroatoms. The van der Waals surface area contributed by atoms with Crippen LogP contribution in [0, 0.1) is 5.41 Å².